The number of anilines is 2. The van der Waals surface area contributed by atoms with Crippen LogP contribution < -0.4 is 10.6 Å². The van der Waals surface area contributed by atoms with Gasteiger partial charge in [0.2, 0.25) is 0 Å². The molecule has 1 fully saturated rings. The average Bonchev–Trinajstić information content (AvgIpc) is 2.68. The van der Waals surface area contributed by atoms with E-state index in [4.69, 9.17) is 5.73 Å². The van der Waals surface area contributed by atoms with Crippen LogP contribution in [0.4, 0.5) is 11.5 Å². The molecule has 2 N–H and O–H groups in total. The molecule has 0 bridgehead atoms. The second-order valence-corrected chi connectivity index (χ2v) is 5.64. The summed E-state index contributed by atoms with van der Waals surface area (Å²) in [6, 6.07) is 5.97. The first-order valence-electron chi connectivity index (χ1n) is 6.37. The van der Waals surface area contributed by atoms with Gasteiger partial charge in [0.15, 0.2) is 5.82 Å². The van der Waals surface area contributed by atoms with Crippen molar-refractivity contribution in [1.82, 2.24) is 9.61 Å². The molecule has 0 radical (unpaired) electrons. The van der Waals surface area contributed by atoms with E-state index in [1.54, 1.807) is 0 Å². The van der Waals surface area contributed by atoms with Crippen LogP contribution in [0.2, 0.25) is 0 Å². The highest BCUT2D eigenvalue weighted by atomic mass is 35.5. The van der Waals surface area contributed by atoms with Crippen LogP contribution in [0.3, 0.4) is 0 Å². The Morgan fingerprint density at radius 1 is 1.21 bits per heavy atom. The molecule has 1 saturated heterocycles. The van der Waals surface area contributed by atoms with Gasteiger partial charge in [-0.3, -0.25) is 0 Å². The van der Waals surface area contributed by atoms with Gasteiger partial charge in [-0.05, 0) is 12.1 Å². The number of likely N-dealkylation sites (N-methyl/N-ethyl adjacent to an activating group) is 1. The van der Waals surface area contributed by atoms with E-state index in [-0.39, 0.29) is 12.4 Å². The number of nitrogens with zero attached hydrogens (tertiary/aromatic N) is 4. The Hall–Kier alpha value is -1.46. The van der Waals surface area contributed by atoms with Crippen LogP contribution in [-0.4, -0.2) is 54.4 Å². The fraction of sp³-hybridized carbons (Fsp3) is 0.462. The van der Waals surface area contributed by atoms with Crippen molar-refractivity contribution in [3.05, 3.63) is 24.4 Å². The first-order chi connectivity index (χ1) is 8.57. The van der Waals surface area contributed by atoms with Crippen LogP contribution in [0, 0.1) is 0 Å². The van der Waals surface area contributed by atoms with Gasteiger partial charge in [0.1, 0.15) is 5.69 Å². The van der Waals surface area contributed by atoms with Crippen LogP contribution >= 0.6 is 12.4 Å². The highest BCUT2D eigenvalue weighted by Gasteiger charge is 2.27. The van der Waals surface area contributed by atoms with E-state index in [9.17, 15) is 0 Å². The van der Waals surface area contributed by atoms with Crippen LogP contribution in [0.25, 0.3) is 5.52 Å². The van der Waals surface area contributed by atoms with E-state index in [0.717, 1.165) is 47.7 Å². The normalized spacial score (nSPS) is 18.3. The summed E-state index contributed by atoms with van der Waals surface area (Å²) in [5.41, 5.74) is 7.99. The lowest BCUT2D eigenvalue weighted by atomic mass is 10.2. The van der Waals surface area contributed by atoms with Gasteiger partial charge >= 0.3 is 0 Å². The molecule has 6 heteroatoms. The summed E-state index contributed by atoms with van der Waals surface area (Å²) in [6.07, 6.45) is 1.94. The van der Waals surface area contributed by atoms with E-state index in [1.807, 2.05) is 28.9 Å². The Bertz CT molecular complexity index is 567. The van der Waals surface area contributed by atoms with E-state index < -0.39 is 0 Å². The fourth-order valence-corrected chi connectivity index (χ4v) is 2.46. The maximum absolute atomic E-state index is 6.21. The third-order valence-electron chi connectivity index (χ3n) is 3.81. The first-order valence-corrected chi connectivity index (χ1v) is 6.37. The standard InChI is InChI=1S/C13H20N5.ClH/c1-18(2)9-7-16(8-10-18)13-12(14)11-5-3-4-6-17(11)15-13;/h3-6H,7-10,14H2,1-2H3;1H/q+1;. The van der Waals surface area contributed by atoms with Gasteiger partial charge < -0.3 is 15.1 Å². The SMILES string of the molecule is C[N+]1(C)CCN(c2nn3ccccc3c2N)CC1.Cl. The molecule has 0 saturated carbocycles. The monoisotopic (exact) mass is 282 g/mol. The molecule has 0 amide bonds. The van der Waals surface area contributed by atoms with Crippen LogP contribution in [0.15, 0.2) is 24.4 Å². The lowest BCUT2D eigenvalue weighted by Crippen LogP contribution is -2.55. The molecule has 104 valence electrons. The average molecular weight is 283 g/mol. The molecular formula is C13H21ClN5+. The van der Waals surface area contributed by atoms with Crippen molar-refractivity contribution in [2.45, 2.75) is 0 Å². The second kappa shape index (κ2) is 4.90. The van der Waals surface area contributed by atoms with Crippen LogP contribution in [-0.2, 0) is 0 Å². The van der Waals surface area contributed by atoms with Gasteiger partial charge in [-0.2, -0.15) is 0 Å². The summed E-state index contributed by atoms with van der Waals surface area (Å²) in [6.45, 7) is 4.29. The van der Waals surface area contributed by atoms with Crippen LogP contribution in [0.1, 0.15) is 0 Å². The zero-order chi connectivity index (χ0) is 12.8. The van der Waals surface area contributed by atoms with Crippen molar-refractivity contribution in [2.24, 2.45) is 0 Å². The molecule has 1 aliphatic heterocycles. The third-order valence-corrected chi connectivity index (χ3v) is 3.81. The number of pyridine rings is 1. The molecular weight excluding hydrogens is 262 g/mol. The Balaban J connectivity index is 0.00000133. The van der Waals surface area contributed by atoms with E-state index in [2.05, 4.69) is 24.1 Å². The van der Waals surface area contributed by atoms with Crippen LogP contribution in [0.5, 0.6) is 0 Å². The molecule has 2 aromatic heterocycles. The van der Waals surface area contributed by atoms with Gasteiger partial charge in [-0.15, -0.1) is 17.5 Å². The van der Waals surface area contributed by atoms with Crippen molar-refractivity contribution in [3.63, 3.8) is 0 Å². The number of fused-ring (bicyclic) bond motifs is 1. The number of aromatic nitrogens is 2. The van der Waals surface area contributed by atoms with Crippen molar-refractivity contribution >= 4 is 29.4 Å². The smallest absolute Gasteiger partial charge is 0.175 e. The predicted octanol–water partition coefficient (Wildman–Crippen LogP) is 1.23. The molecule has 1 aliphatic rings. The number of rotatable bonds is 1. The molecule has 5 nitrogen and oxygen atoms in total. The van der Waals surface area contributed by atoms with Crippen molar-refractivity contribution in [3.8, 4) is 0 Å². The number of nitrogens with two attached hydrogens (primary N) is 1. The first kappa shape index (κ1) is 14.0. The largest absolute Gasteiger partial charge is 0.394 e. The third kappa shape index (κ3) is 2.48. The Morgan fingerprint density at radius 2 is 1.89 bits per heavy atom. The lowest BCUT2D eigenvalue weighted by molar-refractivity contribution is -0.890. The highest BCUT2D eigenvalue weighted by molar-refractivity contribution is 5.85. The van der Waals surface area contributed by atoms with Gasteiger partial charge in [0.05, 0.1) is 45.8 Å². The molecule has 2 aromatic rings. The molecule has 3 heterocycles. The maximum atomic E-state index is 6.21. The molecule has 0 atom stereocenters. The van der Waals surface area contributed by atoms with Crippen molar-refractivity contribution in [1.29, 1.82) is 0 Å². The number of hydrogen-bond acceptors (Lipinski definition) is 3. The summed E-state index contributed by atoms with van der Waals surface area (Å²) in [4.78, 5) is 2.30. The summed E-state index contributed by atoms with van der Waals surface area (Å²) >= 11 is 0. The number of piperazine rings is 1. The number of quaternary nitrogens is 1. The minimum absolute atomic E-state index is 0. The summed E-state index contributed by atoms with van der Waals surface area (Å²) in [7, 11) is 4.54. The summed E-state index contributed by atoms with van der Waals surface area (Å²) in [5.74, 6) is 0.931. The lowest BCUT2D eigenvalue weighted by Gasteiger charge is -2.39. The minimum Gasteiger partial charge on any atom is -0.394 e. The minimum atomic E-state index is 0. The second-order valence-electron chi connectivity index (χ2n) is 5.64. The molecule has 0 unspecified atom stereocenters. The number of halogens is 1. The fourth-order valence-electron chi connectivity index (χ4n) is 2.46. The predicted molar refractivity (Wildman–Crippen MR) is 80.9 cm³/mol. The zero-order valence-electron chi connectivity index (χ0n) is 11.4. The number of hydrogen-bond donors (Lipinski definition) is 1. The van der Waals surface area contributed by atoms with E-state index in [0.29, 0.717) is 0 Å². The maximum Gasteiger partial charge on any atom is 0.175 e. The summed E-state index contributed by atoms with van der Waals surface area (Å²) < 4.78 is 2.93. The Labute approximate surface area is 119 Å². The quantitative estimate of drug-likeness (QED) is 0.801. The molecule has 0 aromatic carbocycles. The van der Waals surface area contributed by atoms with Crippen molar-refractivity contribution in [2.75, 3.05) is 50.9 Å². The topological polar surface area (TPSA) is 46.6 Å². The molecule has 19 heavy (non-hydrogen) atoms. The van der Waals surface area contributed by atoms with Gasteiger partial charge in [0.25, 0.3) is 0 Å². The zero-order valence-corrected chi connectivity index (χ0v) is 12.2. The van der Waals surface area contributed by atoms with Gasteiger partial charge in [-0.25, -0.2) is 4.52 Å². The van der Waals surface area contributed by atoms with E-state index in [1.165, 1.54) is 0 Å². The molecule has 0 aliphatic carbocycles. The molecule has 3 rings (SSSR count). The Kier molecular flexibility index (Phi) is 3.60. The van der Waals surface area contributed by atoms with Crippen molar-refractivity contribution < 1.29 is 4.48 Å². The van der Waals surface area contributed by atoms with E-state index >= 15 is 0 Å². The summed E-state index contributed by atoms with van der Waals surface area (Å²) in [5, 5.41) is 4.59. The Morgan fingerprint density at radius 3 is 2.53 bits per heavy atom. The van der Waals surface area contributed by atoms with Gasteiger partial charge in [0, 0.05) is 6.20 Å². The molecule has 0 spiro atoms. The highest BCUT2D eigenvalue weighted by Crippen LogP contribution is 2.27. The van der Waals surface area contributed by atoms with Gasteiger partial charge in [-0.1, -0.05) is 6.07 Å². The number of nitrogen functional groups attached to an aromatic ring is 1.